The molecule has 1 fully saturated rings. The number of nitrogens with two attached hydrogens (primary N) is 1. The first-order chi connectivity index (χ1) is 10.6. The molecule has 1 aliphatic rings. The normalized spacial score (nSPS) is 18.0. The van der Waals surface area contributed by atoms with Gasteiger partial charge < -0.3 is 20.3 Å². The number of hydrogen-bond donors (Lipinski definition) is 2. The number of hydrogen-bond acceptors (Lipinski definition) is 5. The van der Waals surface area contributed by atoms with Crippen molar-refractivity contribution < 1.29 is 19.4 Å². The Kier molecular flexibility index (Phi) is 5.63. The number of carboxylic acids is 1. The summed E-state index contributed by atoms with van der Waals surface area (Å²) >= 11 is 0. The van der Waals surface area contributed by atoms with Crippen molar-refractivity contribution in [2.45, 2.75) is 31.3 Å². The number of nitrogens with zero attached hydrogens (tertiary/aromatic N) is 1. The van der Waals surface area contributed by atoms with Gasteiger partial charge in [-0.25, -0.2) is 0 Å². The maximum absolute atomic E-state index is 11.1. The first-order valence-corrected chi connectivity index (χ1v) is 7.51. The lowest BCUT2D eigenvalue weighted by Gasteiger charge is -2.29. The third-order valence-corrected chi connectivity index (χ3v) is 4.17. The van der Waals surface area contributed by atoms with Crippen LogP contribution in [0.15, 0.2) is 18.2 Å². The zero-order chi connectivity index (χ0) is 16.1. The molecule has 0 spiro atoms. The monoisotopic (exact) mass is 308 g/mol. The van der Waals surface area contributed by atoms with E-state index in [0.29, 0.717) is 17.9 Å². The Morgan fingerprint density at radius 1 is 1.27 bits per heavy atom. The minimum Gasteiger partial charge on any atom is -0.493 e. The lowest BCUT2D eigenvalue weighted by molar-refractivity contribution is -0.139. The van der Waals surface area contributed by atoms with Crippen LogP contribution in [-0.4, -0.2) is 49.3 Å². The van der Waals surface area contributed by atoms with Crippen molar-refractivity contribution in [1.29, 1.82) is 0 Å². The maximum atomic E-state index is 11.1. The molecule has 0 aromatic heterocycles. The summed E-state index contributed by atoms with van der Waals surface area (Å²) in [5, 5.41) is 9.12. The number of carbonyl (C=O) groups is 1. The van der Waals surface area contributed by atoms with Crippen LogP contribution in [0.1, 0.15) is 30.9 Å². The molecule has 0 amide bonds. The average molecular weight is 308 g/mol. The molecule has 0 saturated carbocycles. The summed E-state index contributed by atoms with van der Waals surface area (Å²) in [6.07, 6.45) is 2.64. The molecule has 1 heterocycles. The molecule has 6 heteroatoms. The molecule has 0 aliphatic carbocycles. The number of ether oxygens (including phenoxy) is 2. The Balaban J connectivity index is 2.29. The van der Waals surface area contributed by atoms with Crippen LogP contribution in [0, 0.1) is 0 Å². The summed E-state index contributed by atoms with van der Waals surface area (Å²) in [7, 11) is 3.19. The van der Waals surface area contributed by atoms with Crippen LogP contribution in [0.25, 0.3) is 0 Å². The van der Waals surface area contributed by atoms with Gasteiger partial charge in [0.1, 0.15) is 6.04 Å². The van der Waals surface area contributed by atoms with Gasteiger partial charge in [0, 0.05) is 6.04 Å². The van der Waals surface area contributed by atoms with Crippen molar-refractivity contribution in [3.8, 4) is 11.5 Å². The van der Waals surface area contributed by atoms with Gasteiger partial charge in [0.2, 0.25) is 0 Å². The first-order valence-electron chi connectivity index (χ1n) is 7.51. The van der Waals surface area contributed by atoms with Crippen LogP contribution >= 0.6 is 0 Å². The minimum absolute atomic E-state index is 0.0200. The molecule has 1 aliphatic heterocycles. The highest BCUT2D eigenvalue weighted by Crippen LogP contribution is 2.35. The Morgan fingerprint density at radius 2 is 1.91 bits per heavy atom. The number of aliphatic carboxylic acids is 1. The molecular formula is C16H24N2O4. The summed E-state index contributed by atoms with van der Waals surface area (Å²) in [4.78, 5) is 13.4. The van der Waals surface area contributed by atoms with Crippen molar-refractivity contribution in [3.63, 3.8) is 0 Å². The van der Waals surface area contributed by atoms with E-state index in [-0.39, 0.29) is 6.04 Å². The molecule has 3 N–H and O–H groups in total. The average Bonchev–Trinajstić information content (AvgIpc) is 3.05. The number of rotatable bonds is 7. The van der Waals surface area contributed by atoms with Crippen molar-refractivity contribution >= 4 is 5.97 Å². The second kappa shape index (κ2) is 7.47. The molecule has 1 saturated heterocycles. The van der Waals surface area contributed by atoms with Gasteiger partial charge in [-0.3, -0.25) is 9.69 Å². The summed E-state index contributed by atoms with van der Waals surface area (Å²) in [5.74, 6) is 0.340. The SMILES string of the molecule is COc1ccc([C@H](C[C@@H](N)C(=O)O)N2CCCC2)cc1OC. The van der Waals surface area contributed by atoms with E-state index in [9.17, 15) is 4.79 Å². The Morgan fingerprint density at radius 3 is 2.45 bits per heavy atom. The van der Waals surface area contributed by atoms with Crippen LogP contribution in [0.2, 0.25) is 0 Å². The van der Waals surface area contributed by atoms with Gasteiger partial charge in [-0.15, -0.1) is 0 Å². The fourth-order valence-corrected chi connectivity index (χ4v) is 2.95. The van der Waals surface area contributed by atoms with Gasteiger partial charge in [-0.05, 0) is 50.0 Å². The third-order valence-electron chi connectivity index (χ3n) is 4.17. The summed E-state index contributed by atoms with van der Waals surface area (Å²) in [6.45, 7) is 1.93. The number of carboxylic acid groups (broad SMARTS) is 1. The lowest BCUT2D eigenvalue weighted by Crippen LogP contribution is -2.36. The van der Waals surface area contributed by atoms with Crippen LogP contribution in [0.3, 0.4) is 0 Å². The summed E-state index contributed by atoms with van der Waals surface area (Å²) in [5.41, 5.74) is 6.78. The van der Waals surface area contributed by atoms with Gasteiger partial charge in [-0.2, -0.15) is 0 Å². The Bertz CT molecular complexity index is 515. The number of benzene rings is 1. The van der Waals surface area contributed by atoms with Crippen LogP contribution in [0.5, 0.6) is 11.5 Å². The van der Waals surface area contributed by atoms with Crippen LogP contribution in [0.4, 0.5) is 0 Å². The van der Waals surface area contributed by atoms with E-state index in [1.54, 1.807) is 14.2 Å². The second-order valence-corrected chi connectivity index (χ2v) is 5.55. The smallest absolute Gasteiger partial charge is 0.320 e. The largest absolute Gasteiger partial charge is 0.493 e. The summed E-state index contributed by atoms with van der Waals surface area (Å²) < 4.78 is 10.6. The number of likely N-dealkylation sites (tertiary alicyclic amines) is 1. The molecule has 2 rings (SSSR count). The minimum atomic E-state index is -0.968. The molecule has 2 atom stereocenters. The molecule has 122 valence electrons. The van der Waals surface area contributed by atoms with Crippen molar-refractivity contribution in [1.82, 2.24) is 4.90 Å². The first kappa shape index (κ1) is 16.6. The number of methoxy groups -OCH3 is 2. The van der Waals surface area contributed by atoms with Gasteiger partial charge in [0.15, 0.2) is 11.5 Å². The fraction of sp³-hybridized carbons (Fsp3) is 0.562. The third kappa shape index (κ3) is 3.69. The van der Waals surface area contributed by atoms with E-state index >= 15 is 0 Å². The molecule has 1 aromatic rings. The van der Waals surface area contributed by atoms with E-state index in [4.69, 9.17) is 20.3 Å². The standard InChI is InChI=1S/C16H24N2O4/c1-21-14-6-5-11(9-15(14)22-2)13(10-12(17)16(19)20)18-7-3-4-8-18/h5-6,9,12-13H,3-4,7-8,10,17H2,1-2H3,(H,19,20)/t12-,13+/m1/s1. The second-order valence-electron chi connectivity index (χ2n) is 5.55. The molecular weight excluding hydrogens is 284 g/mol. The zero-order valence-electron chi connectivity index (χ0n) is 13.1. The maximum Gasteiger partial charge on any atom is 0.320 e. The molecule has 0 unspecified atom stereocenters. The van der Waals surface area contributed by atoms with E-state index in [1.807, 2.05) is 18.2 Å². The molecule has 1 aromatic carbocycles. The quantitative estimate of drug-likeness (QED) is 0.796. The molecule has 6 nitrogen and oxygen atoms in total. The molecule has 0 bridgehead atoms. The fourth-order valence-electron chi connectivity index (χ4n) is 2.95. The van der Waals surface area contributed by atoms with Gasteiger partial charge in [-0.1, -0.05) is 6.07 Å². The van der Waals surface area contributed by atoms with Crippen LogP contribution < -0.4 is 15.2 Å². The van der Waals surface area contributed by atoms with Crippen LogP contribution in [-0.2, 0) is 4.79 Å². The predicted molar refractivity (Wildman–Crippen MR) is 83.3 cm³/mol. The van der Waals surface area contributed by atoms with Crippen molar-refractivity contribution in [2.24, 2.45) is 5.73 Å². The van der Waals surface area contributed by atoms with Crippen molar-refractivity contribution in [3.05, 3.63) is 23.8 Å². The highest BCUT2D eigenvalue weighted by Gasteiger charge is 2.28. The van der Waals surface area contributed by atoms with E-state index in [0.717, 1.165) is 31.5 Å². The topological polar surface area (TPSA) is 85.0 Å². The predicted octanol–water partition coefficient (Wildman–Crippen LogP) is 1.64. The van der Waals surface area contributed by atoms with E-state index in [1.165, 1.54) is 0 Å². The van der Waals surface area contributed by atoms with E-state index in [2.05, 4.69) is 4.90 Å². The van der Waals surface area contributed by atoms with Gasteiger partial charge in [0.25, 0.3) is 0 Å². The lowest BCUT2D eigenvalue weighted by atomic mass is 9.97. The Labute approximate surface area is 130 Å². The highest BCUT2D eigenvalue weighted by atomic mass is 16.5. The zero-order valence-corrected chi connectivity index (χ0v) is 13.1. The summed E-state index contributed by atoms with van der Waals surface area (Å²) in [6, 6.07) is 4.82. The van der Waals surface area contributed by atoms with Gasteiger partial charge in [0.05, 0.1) is 14.2 Å². The van der Waals surface area contributed by atoms with E-state index < -0.39 is 12.0 Å². The molecule has 22 heavy (non-hydrogen) atoms. The molecule has 0 radical (unpaired) electrons. The highest BCUT2D eigenvalue weighted by molar-refractivity contribution is 5.73. The Hall–Kier alpha value is -1.79. The van der Waals surface area contributed by atoms with Gasteiger partial charge >= 0.3 is 5.97 Å². The van der Waals surface area contributed by atoms with Crippen molar-refractivity contribution in [2.75, 3.05) is 27.3 Å².